The Morgan fingerprint density at radius 2 is 2.20 bits per heavy atom. The molecule has 0 atom stereocenters. The minimum absolute atomic E-state index is 0.231. The highest BCUT2D eigenvalue weighted by Gasteiger charge is 2.30. The van der Waals surface area contributed by atoms with Gasteiger partial charge in [-0.3, -0.25) is 4.40 Å². The molecular weight excluding hydrogens is 296 g/mol. The lowest BCUT2D eigenvalue weighted by atomic mass is 10.3. The summed E-state index contributed by atoms with van der Waals surface area (Å²) in [6.07, 6.45) is 3.56. The molecule has 6 nitrogen and oxygen atoms in total. The van der Waals surface area contributed by atoms with Crippen LogP contribution in [0.3, 0.4) is 0 Å². The standard InChI is InChI=1S/C12H20N4O2S2/c1-4-6-7-15(5-2)20(17,18)11-10(13-3)14-12-16(11)8-9-19-12/h8-9,13H,4-7H2,1-3H3. The third kappa shape index (κ3) is 2.55. The number of unbranched alkanes of at least 4 members (excludes halogenated alkanes) is 1. The van der Waals surface area contributed by atoms with Gasteiger partial charge in [0, 0.05) is 31.7 Å². The largest absolute Gasteiger partial charge is 0.371 e. The summed E-state index contributed by atoms with van der Waals surface area (Å²) >= 11 is 1.42. The Bertz CT molecular complexity index is 675. The van der Waals surface area contributed by atoms with Gasteiger partial charge in [-0.2, -0.15) is 4.31 Å². The van der Waals surface area contributed by atoms with Crippen molar-refractivity contribution in [2.24, 2.45) is 0 Å². The van der Waals surface area contributed by atoms with Crippen molar-refractivity contribution in [2.45, 2.75) is 31.7 Å². The van der Waals surface area contributed by atoms with E-state index in [0.717, 1.165) is 12.8 Å². The SMILES string of the molecule is CCCCN(CC)S(=O)(=O)c1c(NC)nc2sccn12. The molecule has 2 aromatic heterocycles. The lowest BCUT2D eigenvalue weighted by molar-refractivity contribution is 0.416. The molecule has 0 saturated heterocycles. The normalized spacial score (nSPS) is 12.4. The second-order valence-corrected chi connectivity index (χ2v) is 7.15. The Morgan fingerprint density at radius 3 is 2.80 bits per heavy atom. The Morgan fingerprint density at radius 1 is 1.45 bits per heavy atom. The summed E-state index contributed by atoms with van der Waals surface area (Å²) in [5.74, 6) is 0.409. The smallest absolute Gasteiger partial charge is 0.262 e. The fourth-order valence-electron chi connectivity index (χ4n) is 2.08. The highest BCUT2D eigenvalue weighted by Crippen LogP contribution is 2.28. The Kier molecular flexibility index (Phi) is 4.66. The number of aromatic nitrogens is 2. The minimum atomic E-state index is -3.54. The molecule has 2 rings (SSSR count). The van der Waals surface area contributed by atoms with E-state index in [9.17, 15) is 8.42 Å². The number of sulfonamides is 1. The first-order chi connectivity index (χ1) is 9.56. The van der Waals surface area contributed by atoms with Gasteiger partial charge in [0.2, 0.25) is 0 Å². The quantitative estimate of drug-likeness (QED) is 0.851. The van der Waals surface area contributed by atoms with Gasteiger partial charge < -0.3 is 5.32 Å². The van der Waals surface area contributed by atoms with Crippen LogP contribution in [0.1, 0.15) is 26.7 Å². The van der Waals surface area contributed by atoms with Gasteiger partial charge in [-0.15, -0.1) is 11.3 Å². The molecule has 0 unspecified atom stereocenters. The third-order valence-corrected chi connectivity index (χ3v) is 5.91. The third-order valence-electron chi connectivity index (χ3n) is 3.15. The monoisotopic (exact) mass is 316 g/mol. The van der Waals surface area contributed by atoms with Crippen molar-refractivity contribution in [3.8, 4) is 0 Å². The van der Waals surface area contributed by atoms with E-state index in [4.69, 9.17) is 0 Å². The first-order valence-electron chi connectivity index (χ1n) is 6.69. The van der Waals surface area contributed by atoms with E-state index < -0.39 is 10.0 Å². The van der Waals surface area contributed by atoms with Crippen LogP contribution in [0.25, 0.3) is 4.96 Å². The van der Waals surface area contributed by atoms with Crippen molar-refractivity contribution < 1.29 is 8.42 Å². The van der Waals surface area contributed by atoms with Crippen molar-refractivity contribution in [3.63, 3.8) is 0 Å². The van der Waals surface area contributed by atoms with E-state index in [1.165, 1.54) is 15.6 Å². The van der Waals surface area contributed by atoms with Gasteiger partial charge in [0.15, 0.2) is 15.8 Å². The highest BCUT2D eigenvalue weighted by atomic mass is 32.2. The molecule has 8 heteroatoms. The summed E-state index contributed by atoms with van der Waals surface area (Å²) in [7, 11) is -1.85. The van der Waals surface area contributed by atoms with Crippen molar-refractivity contribution >= 4 is 32.1 Å². The van der Waals surface area contributed by atoms with Gasteiger partial charge in [0.05, 0.1) is 0 Å². The molecule has 0 aliphatic rings. The summed E-state index contributed by atoms with van der Waals surface area (Å²) in [5.41, 5.74) is 0. The number of rotatable bonds is 7. The molecular formula is C12H20N4O2S2. The van der Waals surface area contributed by atoms with E-state index >= 15 is 0 Å². The van der Waals surface area contributed by atoms with E-state index in [2.05, 4.69) is 17.2 Å². The fourth-order valence-corrected chi connectivity index (χ4v) is 4.59. The highest BCUT2D eigenvalue weighted by molar-refractivity contribution is 7.89. The van der Waals surface area contributed by atoms with Crippen LogP contribution in [-0.2, 0) is 10.0 Å². The number of fused-ring (bicyclic) bond motifs is 1. The number of thiazole rings is 1. The number of hydrogen-bond acceptors (Lipinski definition) is 5. The number of imidazole rings is 1. The Labute approximate surface area is 123 Å². The average molecular weight is 316 g/mol. The lowest BCUT2D eigenvalue weighted by Gasteiger charge is -2.20. The topological polar surface area (TPSA) is 66.7 Å². The number of anilines is 1. The Hall–Kier alpha value is -1.12. The average Bonchev–Trinajstić information content (AvgIpc) is 2.98. The maximum atomic E-state index is 12.9. The molecule has 2 heterocycles. The van der Waals surface area contributed by atoms with E-state index in [0.29, 0.717) is 23.9 Å². The molecule has 0 aliphatic heterocycles. The van der Waals surface area contributed by atoms with Crippen LogP contribution in [0, 0.1) is 0 Å². The van der Waals surface area contributed by atoms with Crippen molar-refractivity contribution in [1.29, 1.82) is 0 Å². The summed E-state index contributed by atoms with van der Waals surface area (Å²) in [5, 5.41) is 4.95. The molecule has 0 aromatic carbocycles. The molecule has 0 aliphatic carbocycles. The van der Waals surface area contributed by atoms with Gasteiger partial charge in [-0.1, -0.05) is 20.3 Å². The van der Waals surface area contributed by atoms with Crippen LogP contribution < -0.4 is 5.32 Å². The second kappa shape index (κ2) is 6.11. The van der Waals surface area contributed by atoms with Crippen molar-refractivity contribution in [2.75, 3.05) is 25.5 Å². The van der Waals surface area contributed by atoms with Gasteiger partial charge in [0.25, 0.3) is 10.0 Å². The predicted octanol–water partition coefficient (Wildman–Crippen LogP) is 2.25. The molecule has 0 bridgehead atoms. The zero-order valence-corrected chi connectivity index (χ0v) is 13.6. The zero-order chi connectivity index (χ0) is 14.8. The summed E-state index contributed by atoms with van der Waals surface area (Å²) in [4.78, 5) is 5.00. The lowest BCUT2D eigenvalue weighted by Crippen LogP contribution is -2.33. The molecule has 112 valence electrons. The van der Waals surface area contributed by atoms with E-state index in [1.54, 1.807) is 17.6 Å². The summed E-state index contributed by atoms with van der Waals surface area (Å²) in [6.45, 7) is 4.91. The molecule has 0 fully saturated rings. The molecule has 20 heavy (non-hydrogen) atoms. The van der Waals surface area contributed by atoms with Crippen LogP contribution in [0.5, 0.6) is 0 Å². The summed E-state index contributed by atoms with van der Waals surface area (Å²) < 4.78 is 28.9. The Balaban J connectivity index is 2.51. The van der Waals surface area contributed by atoms with Crippen LogP contribution >= 0.6 is 11.3 Å². The molecule has 0 amide bonds. The van der Waals surface area contributed by atoms with Gasteiger partial charge in [-0.05, 0) is 6.42 Å². The zero-order valence-electron chi connectivity index (χ0n) is 12.0. The second-order valence-electron chi connectivity index (χ2n) is 4.42. The fraction of sp³-hybridized carbons (Fsp3) is 0.583. The van der Waals surface area contributed by atoms with Crippen LogP contribution in [0.4, 0.5) is 5.82 Å². The van der Waals surface area contributed by atoms with Gasteiger partial charge in [0.1, 0.15) is 0 Å². The molecule has 0 radical (unpaired) electrons. The van der Waals surface area contributed by atoms with Gasteiger partial charge in [-0.25, -0.2) is 13.4 Å². The number of hydrogen-bond donors (Lipinski definition) is 1. The molecule has 0 saturated carbocycles. The molecule has 1 N–H and O–H groups in total. The van der Waals surface area contributed by atoms with Crippen molar-refractivity contribution in [1.82, 2.24) is 13.7 Å². The van der Waals surface area contributed by atoms with E-state index in [1.807, 2.05) is 12.3 Å². The first-order valence-corrected chi connectivity index (χ1v) is 9.01. The van der Waals surface area contributed by atoms with Crippen LogP contribution in [-0.4, -0.2) is 42.2 Å². The number of nitrogens with zero attached hydrogens (tertiary/aromatic N) is 3. The molecule has 0 spiro atoms. The maximum Gasteiger partial charge on any atom is 0.262 e. The summed E-state index contributed by atoms with van der Waals surface area (Å²) in [6, 6.07) is 0. The van der Waals surface area contributed by atoms with Crippen LogP contribution in [0.2, 0.25) is 0 Å². The van der Waals surface area contributed by atoms with Crippen molar-refractivity contribution in [3.05, 3.63) is 11.6 Å². The predicted molar refractivity (Wildman–Crippen MR) is 82.0 cm³/mol. The maximum absolute atomic E-state index is 12.9. The van der Waals surface area contributed by atoms with Crippen LogP contribution in [0.15, 0.2) is 16.6 Å². The minimum Gasteiger partial charge on any atom is -0.371 e. The number of nitrogens with one attached hydrogen (secondary N) is 1. The van der Waals surface area contributed by atoms with Gasteiger partial charge >= 0.3 is 0 Å². The van der Waals surface area contributed by atoms with E-state index in [-0.39, 0.29) is 5.03 Å². The first kappa shape index (κ1) is 15.3. The molecule has 2 aromatic rings.